The molecule has 0 amide bonds. The molecule has 0 aliphatic heterocycles. The minimum atomic E-state index is 1.20. The molecule has 0 aliphatic carbocycles. The van der Waals surface area contributed by atoms with Crippen LogP contribution in [-0.2, 0) is 0 Å². The number of hydrogen-bond acceptors (Lipinski definition) is 0. The topological polar surface area (TPSA) is 4.93 Å². The molecule has 0 saturated heterocycles. The molecule has 1 heteroatoms. The SMILES string of the molecule is CC#Cn1c(C)ccc1C. The Bertz CT molecular complexity index is 264. The lowest BCUT2D eigenvalue weighted by Crippen LogP contribution is -1.92. The Hall–Kier alpha value is -1.16. The van der Waals surface area contributed by atoms with E-state index in [4.69, 9.17) is 0 Å². The van der Waals surface area contributed by atoms with Gasteiger partial charge in [-0.25, -0.2) is 0 Å². The third-order valence-corrected chi connectivity index (χ3v) is 1.49. The Labute approximate surface area is 61.7 Å². The minimum absolute atomic E-state index is 1.20. The molecule has 0 atom stereocenters. The molecule has 0 aliphatic rings. The second-order valence-electron chi connectivity index (χ2n) is 2.31. The first-order valence-electron chi connectivity index (χ1n) is 3.33. The van der Waals surface area contributed by atoms with Crippen molar-refractivity contribution in [2.45, 2.75) is 20.8 Å². The Kier molecular flexibility index (Phi) is 1.82. The highest BCUT2D eigenvalue weighted by molar-refractivity contribution is 5.21. The predicted octanol–water partition coefficient (Wildman–Crippen LogP) is 1.93. The van der Waals surface area contributed by atoms with Gasteiger partial charge in [0, 0.05) is 17.4 Å². The van der Waals surface area contributed by atoms with E-state index < -0.39 is 0 Å². The fraction of sp³-hybridized carbons (Fsp3) is 0.333. The average Bonchev–Trinajstić information content (AvgIpc) is 2.20. The summed E-state index contributed by atoms with van der Waals surface area (Å²) < 4.78 is 1.99. The summed E-state index contributed by atoms with van der Waals surface area (Å²) in [6.45, 7) is 5.95. The van der Waals surface area contributed by atoms with Crippen molar-refractivity contribution in [1.29, 1.82) is 0 Å². The lowest BCUT2D eigenvalue weighted by molar-refractivity contribution is 1.01. The highest BCUT2D eigenvalue weighted by Gasteiger charge is 1.94. The van der Waals surface area contributed by atoms with Crippen LogP contribution in [0, 0.1) is 25.8 Å². The number of nitrogens with zero attached hydrogens (tertiary/aromatic N) is 1. The monoisotopic (exact) mass is 133 g/mol. The van der Waals surface area contributed by atoms with E-state index in [1.54, 1.807) is 0 Å². The van der Waals surface area contributed by atoms with E-state index in [1.165, 1.54) is 11.4 Å². The molecule has 1 rings (SSSR count). The summed E-state index contributed by atoms with van der Waals surface area (Å²) >= 11 is 0. The summed E-state index contributed by atoms with van der Waals surface area (Å²) in [5.41, 5.74) is 2.40. The van der Waals surface area contributed by atoms with Crippen molar-refractivity contribution in [1.82, 2.24) is 4.57 Å². The zero-order chi connectivity index (χ0) is 7.56. The third-order valence-electron chi connectivity index (χ3n) is 1.49. The second kappa shape index (κ2) is 2.62. The van der Waals surface area contributed by atoms with Gasteiger partial charge in [0.2, 0.25) is 0 Å². The summed E-state index contributed by atoms with van der Waals surface area (Å²) in [6, 6.07) is 7.13. The first kappa shape index (κ1) is 6.95. The Balaban J connectivity index is 3.18. The number of rotatable bonds is 0. The Morgan fingerprint density at radius 1 is 1.20 bits per heavy atom. The van der Waals surface area contributed by atoms with Crippen LogP contribution in [0.15, 0.2) is 12.1 Å². The first-order chi connectivity index (χ1) is 4.75. The van der Waals surface area contributed by atoms with Crippen molar-refractivity contribution in [3.8, 4) is 12.0 Å². The van der Waals surface area contributed by atoms with E-state index in [9.17, 15) is 0 Å². The average molecular weight is 133 g/mol. The standard InChI is InChI=1S/C9H11N/c1-4-7-10-8(2)5-6-9(10)3/h5-6H,1-3H3. The maximum atomic E-state index is 2.99. The normalized spacial score (nSPS) is 8.70. The van der Waals surface area contributed by atoms with Crippen molar-refractivity contribution >= 4 is 0 Å². The van der Waals surface area contributed by atoms with Crippen molar-refractivity contribution in [2.24, 2.45) is 0 Å². The van der Waals surface area contributed by atoms with E-state index in [1.807, 2.05) is 11.5 Å². The van der Waals surface area contributed by atoms with Crippen molar-refractivity contribution in [3.63, 3.8) is 0 Å². The molecule has 0 bridgehead atoms. The maximum absolute atomic E-state index is 2.99. The van der Waals surface area contributed by atoms with Crippen LogP contribution in [-0.4, -0.2) is 4.57 Å². The summed E-state index contributed by atoms with van der Waals surface area (Å²) in [5.74, 6) is 2.86. The van der Waals surface area contributed by atoms with Crippen LogP contribution >= 0.6 is 0 Å². The lowest BCUT2D eigenvalue weighted by atomic mass is 10.5. The van der Waals surface area contributed by atoms with Gasteiger partial charge in [0.1, 0.15) is 0 Å². The zero-order valence-corrected chi connectivity index (χ0v) is 6.60. The smallest absolute Gasteiger partial charge is 0.0285 e. The van der Waals surface area contributed by atoms with Gasteiger partial charge in [-0.2, -0.15) is 0 Å². The number of hydrogen-bond donors (Lipinski definition) is 0. The molecule has 1 aromatic heterocycles. The molecule has 0 fully saturated rings. The molecule has 0 aromatic carbocycles. The largest absolute Gasteiger partial charge is 0.279 e. The quantitative estimate of drug-likeness (QED) is 0.476. The highest BCUT2D eigenvalue weighted by Crippen LogP contribution is 2.03. The third kappa shape index (κ3) is 1.06. The first-order valence-corrected chi connectivity index (χ1v) is 3.33. The molecule has 0 radical (unpaired) electrons. The van der Waals surface area contributed by atoms with E-state index in [2.05, 4.69) is 37.9 Å². The molecular formula is C9H11N. The van der Waals surface area contributed by atoms with Gasteiger partial charge in [0.05, 0.1) is 0 Å². The zero-order valence-electron chi connectivity index (χ0n) is 6.60. The van der Waals surface area contributed by atoms with Crippen molar-refractivity contribution in [2.75, 3.05) is 0 Å². The van der Waals surface area contributed by atoms with Crippen LogP contribution < -0.4 is 0 Å². The molecule has 52 valence electrons. The van der Waals surface area contributed by atoms with Gasteiger partial charge in [-0.1, -0.05) is 5.92 Å². The minimum Gasteiger partial charge on any atom is -0.279 e. The summed E-state index contributed by atoms with van der Waals surface area (Å²) in [6.07, 6.45) is 0. The van der Waals surface area contributed by atoms with Crippen molar-refractivity contribution in [3.05, 3.63) is 23.5 Å². The van der Waals surface area contributed by atoms with Crippen LogP contribution in [0.4, 0.5) is 0 Å². The number of aromatic nitrogens is 1. The molecule has 0 unspecified atom stereocenters. The van der Waals surface area contributed by atoms with Crippen LogP contribution in [0.25, 0.3) is 0 Å². The fourth-order valence-electron chi connectivity index (χ4n) is 0.957. The summed E-state index contributed by atoms with van der Waals surface area (Å²) in [7, 11) is 0. The Morgan fingerprint density at radius 2 is 1.70 bits per heavy atom. The van der Waals surface area contributed by atoms with Crippen LogP contribution in [0.5, 0.6) is 0 Å². The van der Waals surface area contributed by atoms with E-state index >= 15 is 0 Å². The maximum Gasteiger partial charge on any atom is 0.0285 e. The van der Waals surface area contributed by atoms with Gasteiger partial charge < -0.3 is 0 Å². The molecule has 10 heavy (non-hydrogen) atoms. The van der Waals surface area contributed by atoms with Gasteiger partial charge in [0.25, 0.3) is 0 Å². The Morgan fingerprint density at radius 3 is 2.10 bits per heavy atom. The molecule has 0 N–H and O–H groups in total. The molecule has 1 nitrogen and oxygen atoms in total. The lowest BCUT2D eigenvalue weighted by Gasteiger charge is -1.95. The highest BCUT2D eigenvalue weighted by atomic mass is 14.9. The van der Waals surface area contributed by atoms with E-state index in [-0.39, 0.29) is 0 Å². The second-order valence-corrected chi connectivity index (χ2v) is 2.31. The molecule has 0 saturated carbocycles. The van der Waals surface area contributed by atoms with Crippen LogP contribution in [0.1, 0.15) is 18.3 Å². The van der Waals surface area contributed by atoms with Gasteiger partial charge in [0.15, 0.2) is 0 Å². The fourth-order valence-corrected chi connectivity index (χ4v) is 0.957. The number of aryl methyl sites for hydroxylation is 2. The van der Waals surface area contributed by atoms with Crippen LogP contribution in [0.2, 0.25) is 0 Å². The molecule has 0 spiro atoms. The van der Waals surface area contributed by atoms with Crippen molar-refractivity contribution < 1.29 is 0 Å². The summed E-state index contributed by atoms with van der Waals surface area (Å²) in [5, 5.41) is 0. The van der Waals surface area contributed by atoms with Gasteiger partial charge in [-0.05, 0) is 32.9 Å². The molecule has 1 aromatic rings. The van der Waals surface area contributed by atoms with Gasteiger partial charge in [-0.3, -0.25) is 4.57 Å². The van der Waals surface area contributed by atoms with Gasteiger partial charge in [-0.15, -0.1) is 0 Å². The van der Waals surface area contributed by atoms with Crippen LogP contribution in [0.3, 0.4) is 0 Å². The summed E-state index contributed by atoms with van der Waals surface area (Å²) in [4.78, 5) is 0. The molecule has 1 heterocycles. The van der Waals surface area contributed by atoms with E-state index in [0.717, 1.165) is 0 Å². The van der Waals surface area contributed by atoms with Gasteiger partial charge >= 0.3 is 0 Å². The molecular weight excluding hydrogens is 122 g/mol. The predicted molar refractivity (Wildman–Crippen MR) is 42.8 cm³/mol. The van der Waals surface area contributed by atoms with E-state index in [0.29, 0.717) is 0 Å².